The monoisotopic (exact) mass is 293 g/mol. The van der Waals surface area contributed by atoms with Crippen molar-refractivity contribution in [1.29, 1.82) is 0 Å². The SMILES string of the molecule is COc1ccccc1C(C)N(C)C(=O)CCCCC(=O)O. The number of rotatable bonds is 8. The number of para-hydroxylation sites is 1. The van der Waals surface area contributed by atoms with Crippen LogP contribution in [0.3, 0.4) is 0 Å². The third-order valence-electron chi connectivity index (χ3n) is 3.59. The van der Waals surface area contributed by atoms with Gasteiger partial charge in [-0.2, -0.15) is 0 Å². The van der Waals surface area contributed by atoms with Gasteiger partial charge in [-0.3, -0.25) is 9.59 Å². The predicted molar refractivity (Wildman–Crippen MR) is 80.3 cm³/mol. The summed E-state index contributed by atoms with van der Waals surface area (Å²) >= 11 is 0. The van der Waals surface area contributed by atoms with Crippen molar-refractivity contribution in [2.75, 3.05) is 14.2 Å². The summed E-state index contributed by atoms with van der Waals surface area (Å²) in [6, 6.07) is 7.53. The van der Waals surface area contributed by atoms with Crippen LogP contribution in [0.5, 0.6) is 5.75 Å². The van der Waals surface area contributed by atoms with Crippen LogP contribution in [0.4, 0.5) is 0 Å². The fraction of sp³-hybridized carbons (Fsp3) is 0.500. The van der Waals surface area contributed by atoms with Crippen molar-refractivity contribution in [3.8, 4) is 5.75 Å². The summed E-state index contributed by atoms with van der Waals surface area (Å²) in [7, 11) is 3.37. The number of amides is 1. The van der Waals surface area contributed by atoms with Gasteiger partial charge in [0.25, 0.3) is 0 Å². The van der Waals surface area contributed by atoms with E-state index in [0.29, 0.717) is 19.3 Å². The molecule has 5 nitrogen and oxygen atoms in total. The summed E-state index contributed by atoms with van der Waals surface area (Å²) in [5, 5.41) is 8.57. The van der Waals surface area contributed by atoms with E-state index in [1.807, 2.05) is 31.2 Å². The second-order valence-electron chi connectivity index (χ2n) is 5.02. The molecule has 1 atom stereocenters. The van der Waals surface area contributed by atoms with Gasteiger partial charge in [0.1, 0.15) is 5.75 Å². The van der Waals surface area contributed by atoms with E-state index in [4.69, 9.17) is 9.84 Å². The molecule has 1 unspecified atom stereocenters. The first-order valence-corrected chi connectivity index (χ1v) is 7.07. The third kappa shape index (κ3) is 5.10. The van der Waals surface area contributed by atoms with Crippen LogP contribution in [-0.2, 0) is 9.59 Å². The van der Waals surface area contributed by atoms with Gasteiger partial charge in [-0.1, -0.05) is 18.2 Å². The predicted octanol–water partition coefficient (Wildman–Crippen LogP) is 2.86. The lowest BCUT2D eigenvalue weighted by Crippen LogP contribution is -2.29. The van der Waals surface area contributed by atoms with Gasteiger partial charge in [0, 0.05) is 25.5 Å². The van der Waals surface area contributed by atoms with Crippen molar-refractivity contribution >= 4 is 11.9 Å². The lowest BCUT2D eigenvalue weighted by Gasteiger charge is -2.26. The number of ether oxygens (including phenoxy) is 1. The van der Waals surface area contributed by atoms with Crippen molar-refractivity contribution in [3.05, 3.63) is 29.8 Å². The molecule has 0 heterocycles. The van der Waals surface area contributed by atoms with Gasteiger partial charge in [0.05, 0.1) is 13.2 Å². The van der Waals surface area contributed by atoms with Gasteiger partial charge >= 0.3 is 5.97 Å². The summed E-state index contributed by atoms with van der Waals surface area (Å²) in [5.41, 5.74) is 0.960. The van der Waals surface area contributed by atoms with Crippen LogP contribution < -0.4 is 4.74 Å². The molecule has 0 radical (unpaired) electrons. The van der Waals surface area contributed by atoms with Crippen LogP contribution in [0.25, 0.3) is 0 Å². The molecule has 0 aromatic heterocycles. The number of carbonyl (C=O) groups is 2. The molecule has 0 saturated heterocycles. The molecule has 1 aromatic carbocycles. The van der Waals surface area contributed by atoms with E-state index in [1.165, 1.54) is 0 Å². The first-order valence-electron chi connectivity index (χ1n) is 7.07. The summed E-state index contributed by atoms with van der Waals surface area (Å²) in [4.78, 5) is 24.3. The smallest absolute Gasteiger partial charge is 0.303 e. The van der Waals surface area contributed by atoms with E-state index >= 15 is 0 Å². The molecule has 21 heavy (non-hydrogen) atoms. The lowest BCUT2D eigenvalue weighted by molar-refractivity contribution is -0.137. The zero-order chi connectivity index (χ0) is 15.8. The second kappa shape index (κ2) is 8.29. The zero-order valence-corrected chi connectivity index (χ0v) is 12.8. The number of carboxylic acids is 1. The fourth-order valence-corrected chi connectivity index (χ4v) is 2.16. The molecule has 0 aliphatic carbocycles. The molecule has 1 amide bonds. The average molecular weight is 293 g/mol. The molecule has 0 saturated carbocycles. The molecule has 1 rings (SSSR count). The van der Waals surface area contributed by atoms with Crippen LogP contribution in [0.1, 0.15) is 44.2 Å². The summed E-state index contributed by atoms with van der Waals surface area (Å²) in [5.74, 6) is -0.0486. The molecule has 0 spiro atoms. The zero-order valence-electron chi connectivity index (χ0n) is 12.8. The quantitative estimate of drug-likeness (QED) is 0.748. The molecule has 0 aliphatic rings. The second-order valence-corrected chi connectivity index (χ2v) is 5.02. The van der Waals surface area contributed by atoms with Gasteiger partial charge in [0.15, 0.2) is 0 Å². The number of carbonyl (C=O) groups excluding carboxylic acids is 1. The maximum absolute atomic E-state index is 12.1. The molecule has 0 aliphatic heterocycles. The van der Waals surface area contributed by atoms with Gasteiger partial charge in [0.2, 0.25) is 5.91 Å². The highest BCUT2D eigenvalue weighted by atomic mass is 16.5. The molecule has 1 aromatic rings. The summed E-state index contributed by atoms with van der Waals surface area (Å²) < 4.78 is 5.32. The van der Waals surface area contributed by atoms with Crippen LogP contribution in [-0.4, -0.2) is 36.0 Å². The topological polar surface area (TPSA) is 66.8 Å². The van der Waals surface area contributed by atoms with Crippen molar-refractivity contribution in [3.63, 3.8) is 0 Å². The molecule has 116 valence electrons. The number of aliphatic carboxylic acids is 1. The van der Waals surface area contributed by atoms with Gasteiger partial charge in [-0.05, 0) is 25.8 Å². The molecule has 1 N–H and O–H groups in total. The summed E-state index contributed by atoms with van der Waals surface area (Å²) in [6.07, 6.45) is 1.59. The minimum Gasteiger partial charge on any atom is -0.496 e. The molecular formula is C16H23NO4. The van der Waals surface area contributed by atoms with E-state index in [1.54, 1.807) is 19.1 Å². The first kappa shape index (κ1) is 17.0. The van der Waals surface area contributed by atoms with Crippen LogP contribution in [0.2, 0.25) is 0 Å². The Morgan fingerprint density at radius 1 is 1.24 bits per heavy atom. The van der Waals surface area contributed by atoms with E-state index in [2.05, 4.69) is 0 Å². The third-order valence-corrected chi connectivity index (χ3v) is 3.59. The Morgan fingerprint density at radius 2 is 1.86 bits per heavy atom. The highest BCUT2D eigenvalue weighted by molar-refractivity contribution is 5.76. The van der Waals surface area contributed by atoms with E-state index in [9.17, 15) is 9.59 Å². The molecule has 0 fully saturated rings. The largest absolute Gasteiger partial charge is 0.496 e. The Balaban J connectivity index is 2.58. The number of benzene rings is 1. The van der Waals surface area contributed by atoms with Gasteiger partial charge in [-0.25, -0.2) is 0 Å². The average Bonchev–Trinajstić information content (AvgIpc) is 2.49. The molecule has 5 heteroatoms. The lowest BCUT2D eigenvalue weighted by atomic mass is 10.1. The molecular weight excluding hydrogens is 270 g/mol. The van der Waals surface area contributed by atoms with Crippen LogP contribution in [0, 0.1) is 0 Å². The van der Waals surface area contributed by atoms with Crippen LogP contribution >= 0.6 is 0 Å². The number of unbranched alkanes of at least 4 members (excludes halogenated alkanes) is 1. The Morgan fingerprint density at radius 3 is 2.48 bits per heavy atom. The number of methoxy groups -OCH3 is 1. The Bertz CT molecular complexity index is 487. The number of hydrogen-bond donors (Lipinski definition) is 1. The molecule has 0 bridgehead atoms. The fourth-order valence-electron chi connectivity index (χ4n) is 2.16. The summed E-state index contributed by atoms with van der Waals surface area (Å²) in [6.45, 7) is 1.95. The minimum atomic E-state index is -0.821. The number of nitrogens with zero attached hydrogens (tertiary/aromatic N) is 1. The standard InChI is InChI=1S/C16H23NO4/c1-12(13-8-4-5-9-14(13)21-3)17(2)15(18)10-6-7-11-16(19)20/h4-5,8-9,12H,6-7,10-11H2,1-3H3,(H,19,20). The normalized spacial score (nSPS) is 11.8. The van der Waals surface area contributed by atoms with Crippen molar-refractivity contribution in [2.45, 2.75) is 38.6 Å². The number of carboxylic acid groups (broad SMARTS) is 1. The number of hydrogen-bond acceptors (Lipinski definition) is 3. The Hall–Kier alpha value is -2.04. The Labute approximate surface area is 125 Å². The van der Waals surface area contributed by atoms with Gasteiger partial charge in [-0.15, -0.1) is 0 Å². The van der Waals surface area contributed by atoms with Crippen molar-refractivity contribution in [2.24, 2.45) is 0 Å². The van der Waals surface area contributed by atoms with E-state index < -0.39 is 5.97 Å². The minimum absolute atomic E-state index is 0.0128. The van der Waals surface area contributed by atoms with E-state index in [-0.39, 0.29) is 18.4 Å². The van der Waals surface area contributed by atoms with Crippen molar-refractivity contribution < 1.29 is 19.4 Å². The van der Waals surface area contributed by atoms with Crippen molar-refractivity contribution in [1.82, 2.24) is 4.90 Å². The maximum atomic E-state index is 12.1. The highest BCUT2D eigenvalue weighted by Gasteiger charge is 2.19. The van der Waals surface area contributed by atoms with E-state index in [0.717, 1.165) is 11.3 Å². The van der Waals surface area contributed by atoms with Gasteiger partial charge < -0.3 is 14.7 Å². The Kier molecular flexibility index (Phi) is 6.72. The van der Waals surface area contributed by atoms with Crippen LogP contribution in [0.15, 0.2) is 24.3 Å². The highest BCUT2D eigenvalue weighted by Crippen LogP contribution is 2.28. The maximum Gasteiger partial charge on any atom is 0.303 e. The first-order chi connectivity index (χ1) is 9.97.